The molecule has 1 aromatic carbocycles. The van der Waals surface area contributed by atoms with Crippen molar-refractivity contribution in [3.05, 3.63) is 29.8 Å². The van der Waals surface area contributed by atoms with Crippen LogP contribution in [0.4, 0.5) is 0 Å². The minimum absolute atomic E-state index is 0.110. The molecule has 1 rings (SSSR count). The van der Waals surface area contributed by atoms with Gasteiger partial charge in [-0.25, -0.2) is 13.1 Å². The predicted octanol–water partition coefficient (Wildman–Crippen LogP) is -0.0502. The molecule has 106 valence electrons. The number of nitrogens with one attached hydrogen (secondary N) is 2. The fraction of sp³-hybridized carbons (Fsp3) is 0.417. The van der Waals surface area contributed by atoms with Gasteiger partial charge in [0, 0.05) is 13.1 Å². The smallest absolute Gasteiger partial charge is 0.241 e. The average molecular weight is 285 g/mol. The summed E-state index contributed by atoms with van der Waals surface area (Å²) in [6.45, 7) is 2.45. The van der Waals surface area contributed by atoms with Crippen LogP contribution in [-0.4, -0.2) is 27.4 Å². The molecule has 0 unspecified atom stereocenters. The SMILES string of the molecule is CCCNC(=O)CNS(=O)(=O)c1cccc(CN)c1. The van der Waals surface area contributed by atoms with Crippen LogP contribution in [0.2, 0.25) is 0 Å². The topological polar surface area (TPSA) is 101 Å². The molecule has 0 bridgehead atoms. The third kappa shape index (κ3) is 4.98. The number of sulfonamides is 1. The molecule has 7 heteroatoms. The van der Waals surface area contributed by atoms with Crippen molar-refractivity contribution in [3.63, 3.8) is 0 Å². The molecular weight excluding hydrogens is 266 g/mol. The highest BCUT2D eigenvalue weighted by Crippen LogP contribution is 2.10. The lowest BCUT2D eigenvalue weighted by Crippen LogP contribution is -2.37. The maximum Gasteiger partial charge on any atom is 0.241 e. The van der Waals surface area contributed by atoms with Crippen molar-refractivity contribution >= 4 is 15.9 Å². The molecule has 0 aliphatic rings. The highest BCUT2D eigenvalue weighted by Gasteiger charge is 2.15. The number of hydrogen-bond acceptors (Lipinski definition) is 4. The lowest BCUT2D eigenvalue weighted by Gasteiger charge is -2.08. The molecular formula is C12H19N3O3S. The Labute approximate surface area is 113 Å². The molecule has 0 heterocycles. The number of benzene rings is 1. The summed E-state index contributed by atoms with van der Waals surface area (Å²) in [7, 11) is -3.68. The lowest BCUT2D eigenvalue weighted by atomic mass is 10.2. The van der Waals surface area contributed by atoms with Crippen LogP contribution in [0, 0.1) is 0 Å². The summed E-state index contributed by atoms with van der Waals surface area (Å²) >= 11 is 0. The second-order valence-corrected chi connectivity index (χ2v) is 5.79. The van der Waals surface area contributed by atoms with E-state index in [2.05, 4.69) is 10.0 Å². The molecule has 19 heavy (non-hydrogen) atoms. The van der Waals surface area contributed by atoms with Crippen LogP contribution in [0.3, 0.4) is 0 Å². The van der Waals surface area contributed by atoms with E-state index in [1.807, 2.05) is 6.92 Å². The minimum Gasteiger partial charge on any atom is -0.355 e. The summed E-state index contributed by atoms with van der Waals surface area (Å²) in [5, 5.41) is 2.59. The molecule has 0 aromatic heterocycles. The second kappa shape index (κ2) is 7.22. The van der Waals surface area contributed by atoms with Crippen LogP contribution >= 0.6 is 0 Å². The van der Waals surface area contributed by atoms with Crippen molar-refractivity contribution in [1.82, 2.24) is 10.0 Å². The largest absolute Gasteiger partial charge is 0.355 e. The van der Waals surface area contributed by atoms with E-state index in [0.717, 1.165) is 12.0 Å². The Morgan fingerprint density at radius 1 is 1.37 bits per heavy atom. The van der Waals surface area contributed by atoms with Gasteiger partial charge in [-0.2, -0.15) is 0 Å². The number of carbonyl (C=O) groups excluding carboxylic acids is 1. The van der Waals surface area contributed by atoms with E-state index in [9.17, 15) is 13.2 Å². The maximum absolute atomic E-state index is 11.9. The highest BCUT2D eigenvalue weighted by atomic mass is 32.2. The van der Waals surface area contributed by atoms with E-state index >= 15 is 0 Å². The van der Waals surface area contributed by atoms with E-state index in [1.54, 1.807) is 12.1 Å². The van der Waals surface area contributed by atoms with Gasteiger partial charge in [-0.1, -0.05) is 19.1 Å². The Hall–Kier alpha value is -1.44. The van der Waals surface area contributed by atoms with Gasteiger partial charge in [0.15, 0.2) is 0 Å². The Kier molecular flexibility index (Phi) is 5.94. The van der Waals surface area contributed by atoms with Crippen molar-refractivity contribution in [2.24, 2.45) is 5.73 Å². The molecule has 0 fully saturated rings. The van der Waals surface area contributed by atoms with Crippen molar-refractivity contribution < 1.29 is 13.2 Å². The number of carbonyl (C=O) groups is 1. The first-order valence-corrected chi connectivity index (χ1v) is 7.53. The third-order valence-electron chi connectivity index (χ3n) is 2.44. The van der Waals surface area contributed by atoms with Gasteiger partial charge in [0.2, 0.25) is 15.9 Å². The standard InChI is InChI=1S/C12H19N3O3S/c1-2-6-14-12(16)9-15-19(17,18)11-5-3-4-10(7-11)8-13/h3-5,7,15H,2,6,8-9,13H2,1H3,(H,14,16). The normalized spacial score (nSPS) is 11.3. The summed E-state index contributed by atoms with van der Waals surface area (Å²) in [5.74, 6) is -0.347. The molecule has 1 amide bonds. The number of hydrogen-bond donors (Lipinski definition) is 3. The van der Waals surface area contributed by atoms with Crippen molar-refractivity contribution in [2.75, 3.05) is 13.1 Å². The van der Waals surface area contributed by atoms with E-state index in [1.165, 1.54) is 12.1 Å². The van der Waals surface area contributed by atoms with Crippen LogP contribution in [-0.2, 0) is 21.4 Å². The zero-order valence-electron chi connectivity index (χ0n) is 10.8. The van der Waals surface area contributed by atoms with Crippen LogP contribution in [0.1, 0.15) is 18.9 Å². The molecule has 0 spiro atoms. The van der Waals surface area contributed by atoms with Gasteiger partial charge in [0.05, 0.1) is 11.4 Å². The first kappa shape index (κ1) is 15.6. The fourth-order valence-corrected chi connectivity index (χ4v) is 2.46. The first-order valence-electron chi connectivity index (χ1n) is 6.05. The van der Waals surface area contributed by atoms with Crippen molar-refractivity contribution in [1.29, 1.82) is 0 Å². The van der Waals surface area contributed by atoms with E-state index in [4.69, 9.17) is 5.73 Å². The monoisotopic (exact) mass is 285 g/mol. The van der Waals surface area contributed by atoms with E-state index in [-0.39, 0.29) is 23.9 Å². The molecule has 6 nitrogen and oxygen atoms in total. The second-order valence-electron chi connectivity index (χ2n) is 4.03. The van der Waals surface area contributed by atoms with Crippen LogP contribution in [0.15, 0.2) is 29.2 Å². The molecule has 1 aromatic rings. The molecule has 0 saturated carbocycles. The minimum atomic E-state index is -3.68. The molecule has 0 saturated heterocycles. The van der Waals surface area contributed by atoms with E-state index in [0.29, 0.717) is 6.54 Å². The van der Waals surface area contributed by atoms with Gasteiger partial charge in [-0.3, -0.25) is 4.79 Å². The fourth-order valence-electron chi connectivity index (χ4n) is 1.41. The number of amides is 1. The van der Waals surface area contributed by atoms with Gasteiger partial charge in [-0.15, -0.1) is 0 Å². The van der Waals surface area contributed by atoms with Crippen LogP contribution in [0.5, 0.6) is 0 Å². The number of rotatable bonds is 7. The average Bonchev–Trinajstić information content (AvgIpc) is 2.43. The molecule has 0 atom stereocenters. The van der Waals surface area contributed by atoms with Crippen molar-refractivity contribution in [3.8, 4) is 0 Å². The Morgan fingerprint density at radius 2 is 2.11 bits per heavy atom. The van der Waals surface area contributed by atoms with Gasteiger partial charge in [0.1, 0.15) is 0 Å². The van der Waals surface area contributed by atoms with Gasteiger partial charge in [0.25, 0.3) is 0 Å². The molecule has 4 N–H and O–H groups in total. The molecule has 0 aliphatic heterocycles. The van der Waals surface area contributed by atoms with Gasteiger partial charge in [-0.05, 0) is 24.1 Å². The first-order chi connectivity index (χ1) is 8.99. The molecule has 0 radical (unpaired) electrons. The Bertz CT molecular complexity index is 529. The number of nitrogens with two attached hydrogens (primary N) is 1. The lowest BCUT2D eigenvalue weighted by molar-refractivity contribution is -0.119. The van der Waals surface area contributed by atoms with E-state index < -0.39 is 10.0 Å². The van der Waals surface area contributed by atoms with Gasteiger partial charge < -0.3 is 11.1 Å². The summed E-state index contributed by atoms with van der Waals surface area (Å²) in [6, 6.07) is 6.32. The highest BCUT2D eigenvalue weighted by molar-refractivity contribution is 7.89. The maximum atomic E-state index is 11.9. The molecule has 0 aliphatic carbocycles. The van der Waals surface area contributed by atoms with Crippen LogP contribution < -0.4 is 15.8 Å². The summed E-state index contributed by atoms with van der Waals surface area (Å²) in [5.41, 5.74) is 6.18. The Morgan fingerprint density at radius 3 is 2.74 bits per heavy atom. The third-order valence-corrected chi connectivity index (χ3v) is 3.84. The zero-order chi connectivity index (χ0) is 14.3. The quantitative estimate of drug-likeness (QED) is 0.653. The van der Waals surface area contributed by atoms with Crippen molar-refractivity contribution in [2.45, 2.75) is 24.8 Å². The van der Waals surface area contributed by atoms with Crippen LogP contribution in [0.25, 0.3) is 0 Å². The summed E-state index contributed by atoms with van der Waals surface area (Å²) in [4.78, 5) is 11.5. The summed E-state index contributed by atoms with van der Waals surface area (Å²) in [6.07, 6.45) is 0.803. The Balaban J connectivity index is 2.67. The zero-order valence-corrected chi connectivity index (χ0v) is 11.7. The summed E-state index contributed by atoms with van der Waals surface area (Å²) < 4.78 is 26.1. The van der Waals surface area contributed by atoms with Gasteiger partial charge >= 0.3 is 0 Å². The predicted molar refractivity (Wildman–Crippen MR) is 72.8 cm³/mol.